The number of nitrogens with zero attached hydrogens (tertiary/aromatic N) is 1. The molecule has 0 saturated carbocycles. The van der Waals surface area contributed by atoms with E-state index in [9.17, 15) is 9.59 Å². The number of nitrogens with one attached hydrogen (secondary N) is 1. The lowest BCUT2D eigenvalue weighted by Gasteiger charge is -2.41. The molecule has 3 aromatic rings. The van der Waals surface area contributed by atoms with Crippen molar-refractivity contribution in [3.63, 3.8) is 0 Å². The van der Waals surface area contributed by atoms with Crippen molar-refractivity contribution in [3.8, 4) is 5.75 Å². The molecule has 1 aliphatic heterocycles. The van der Waals surface area contributed by atoms with Crippen LogP contribution in [0.4, 0.5) is 5.69 Å². The van der Waals surface area contributed by atoms with Gasteiger partial charge in [-0.25, -0.2) is 0 Å². The Labute approximate surface area is 220 Å². The van der Waals surface area contributed by atoms with E-state index < -0.39 is 0 Å². The second-order valence-corrected chi connectivity index (χ2v) is 11.1. The molecule has 2 amide bonds. The normalized spacial score (nSPS) is 17.8. The third kappa shape index (κ3) is 5.71. The van der Waals surface area contributed by atoms with Crippen LogP contribution in [0.15, 0.2) is 66.7 Å². The zero-order chi connectivity index (χ0) is 26.7. The molecule has 4 rings (SSSR count). The fourth-order valence-electron chi connectivity index (χ4n) is 5.31. The van der Waals surface area contributed by atoms with Crippen LogP contribution in [0.1, 0.15) is 72.3 Å². The van der Waals surface area contributed by atoms with Crippen LogP contribution in [0.2, 0.25) is 0 Å². The van der Waals surface area contributed by atoms with Gasteiger partial charge < -0.3 is 15.0 Å². The Morgan fingerprint density at radius 1 is 0.946 bits per heavy atom. The van der Waals surface area contributed by atoms with Crippen LogP contribution in [0.25, 0.3) is 0 Å². The van der Waals surface area contributed by atoms with Crippen molar-refractivity contribution < 1.29 is 14.3 Å². The lowest BCUT2D eigenvalue weighted by Crippen LogP contribution is -2.46. The molecule has 37 heavy (non-hydrogen) atoms. The van der Waals surface area contributed by atoms with Gasteiger partial charge in [-0.2, -0.15) is 0 Å². The molecule has 0 radical (unpaired) electrons. The molecule has 5 nitrogen and oxygen atoms in total. The quantitative estimate of drug-likeness (QED) is 0.419. The van der Waals surface area contributed by atoms with Gasteiger partial charge in [0.1, 0.15) is 5.75 Å². The van der Waals surface area contributed by atoms with Crippen molar-refractivity contribution in [2.24, 2.45) is 5.92 Å². The summed E-state index contributed by atoms with van der Waals surface area (Å²) in [7, 11) is 1.63. The number of piperidine rings is 1. The molecular formula is C32H38N2O3. The fraction of sp³-hybridized carbons (Fsp3) is 0.375. The molecule has 1 saturated heterocycles. The first-order chi connectivity index (χ1) is 17.6. The molecule has 2 atom stereocenters. The minimum absolute atomic E-state index is 0.0220. The smallest absolute Gasteiger partial charge is 0.254 e. The van der Waals surface area contributed by atoms with Gasteiger partial charge in [-0.3, -0.25) is 9.59 Å². The minimum Gasteiger partial charge on any atom is -0.497 e. The molecule has 3 aromatic carbocycles. The Morgan fingerprint density at radius 2 is 1.59 bits per heavy atom. The van der Waals surface area contributed by atoms with E-state index in [4.69, 9.17) is 4.74 Å². The highest BCUT2D eigenvalue weighted by molar-refractivity contribution is 5.99. The maximum atomic E-state index is 14.0. The van der Waals surface area contributed by atoms with E-state index in [0.29, 0.717) is 13.0 Å². The summed E-state index contributed by atoms with van der Waals surface area (Å²) in [5, 5.41) is 3.17. The molecule has 5 heteroatoms. The topological polar surface area (TPSA) is 58.6 Å². The third-order valence-corrected chi connectivity index (χ3v) is 7.38. The number of carbonyl (C=O) groups is 2. The third-order valence-electron chi connectivity index (χ3n) is 7.38. The number of carbonyl (C=O) groups excluding carboxylic acids is 2. The van der Waals surface area contributed by atoms with Gasteiger partial charge in [0, 0.05) is 17.8 Å². The molecule has 1 N–H and O–H groups in total. The maximum absolute atomic E-state index is 14.0. The molecule has 1 heterocycles. The van der Waals surface area contributed by atoms with Crippen molar-refractivity contribution in [1.82, 2.24) is 4.90 Å². The predicted octanol–water partition coefficient (Wildman–Crippen LogP) is 6.84. The van der Waals surface area contributed by atoms with Crippen molar-refractivity contribution in [3.05, 3.63) is 94.5 Å². The number of hydrogen-bond donors (Lipinski definition) is 1. The second kappa shape index (κ2) is 10.8. The lowest BCUT2D eigenvalue weighted by atomic mass is 9.83. The van der Waals surface area contributed by atoms with Gasteiger partial charge in [-0.05, 0) is 78.6 Å². The van der Waals surface area contributed by atoms with Gasteiger partial charge in [0.15, 0.2) is 0 Å². The fourth-order valence-corrected chi connectivity index (χ4v) is 5.31. The number of methoxy groups -OCH3 is 1. The van der Waals surface area contributed by atoms with E-state index in [1.165, 1.54) is 0 Å². The molecule has 194 valence electrons. The monoisotopic (exact) mass is 498 g/mol. The van der Waals surface area contributed by atoms with E-state index in [0.717, 1.165) is 45.7 Å². The van der Waals surface area contributed by atoms with E-state index in [-0.39, 0.29) is 29.2 Å². The van der Waals surface area contributed by atoms with Crippen LogP contribution >= 0.6 is 0 Å². The Morgan fingerprint density at radius 3 is 2.22 bits per heavy atom. The predicted molar refractivity (Wildman–Crippen MR) is 149 cm³/mol. The number of ether oxygens (including phenoxy) is 1. The molecule has 0 aliphatic carbocycles. The molecule has 2 unspecified atom stereocenters. The largest absolute Gasteiger partial charge is 0.497 e. The summed E-state index contributed by atoms with van der Waals surface area (Å²) in [5.41, 5.74) is 5.47. The number of aryl methyl sites for hydroxylation is 2. The van der Waals surface area contributed by atoms with Gasteiger partial charge in [0.25, 0.3) is 5.91 Å². The molecular weight excluding hydrogens is 460 g/mol. The number of anilines is 1. The van der Waals surface area contributed by atoms with Crippen LogP contribution in [-0.4, -0.2) is 30.4 Å². The minimum atomic E-state index is -0.381. The molecule has 1 fully saturated rings. The number of rotatable bonds is 5. The van der Waals surface area contributed by atoms with Crippen LogP contribution in [0.3, 0.4) is 0 Å². The highest BCUT2D eigenvalue weighted by Crippen LogP contribution is 2.39. The van der Waals surface area contributed by atoms with Gasteiger partial charge in [-0.15, -0.1) is 0 Å². The first kappa shape index (κ1) is 26.5. The summed E-state index contributed by atoms with van der Waals surface area (Å²) in [6.45, 7) is 11.0. The SMILES string of the molecule is COc1ccc(C2C(C(=O)Nc3cccc(C(C)(C)C)c3)CCCN2C(=O)c2c(C)cccc2C)cc1. The standard InChI is InChI=1S/C32H38N2O3/c1-21-10-7-11-22(2)28(21)31(36)34-19-9-14-27(29(34)23-15-17-26(37-6)18-16-23)30(35)33-25-13-8-12-24(20-25)32(3,4)5/h7-8,10-13,15-18,20,27,29H,9,14,19H2,1-6H3,(H,33,35). The summed E-state index contributed by atoms with van der Waals surface area (Å²) < 4.78 is 5.36. The van der Waals surface area contributed by atoms with E-state index in [2.05, 4.69) is 32.2 Å². The Balaban J connectivity index is 1.71. The summed E-state index contributed by atoms with van der Waals surface area (Å²) in [6, 6.07) is 21.3. The van der Waals surface area contributed by atoms with Crippen molar-refractivity contribution in [2.45, 2.75) is 58.9 Å². The van der Waals surface area contributed by atoms with Crippen molar-refractivity contribution in [1.29, 1.82) is 0 Å². The van der Waals surface area contributed by atoms with Crippen molar-refractivity contribution >= 4 is 17.5 Å². The summed E-state index contributed by atoms with van der Waals surface area (Å²) in [6.07, 6.45) is 1.47. The first-order valence-corrected chi connectivity index (χ1v) is 13.0. The second-order valence-electron chi connectivity index (χ2n) is 11.1. The van der Waals surface area contributed by atoms with Crippen LogP contribution in [-0.2, 0) is 10.2 Å². The average Bonchev–Trinajstić information content (AvgIpc) is 2.87. The summed E-state index contributed by atoms with van der Waals surface area (Å²) >= 11 is 0. The highest BCUT2D eigenvalue weighted by atomic mass is 16.5. The van der Waals surface area contributed by atoms with Crippen molar-refractivity contribution in [2.75, 3.05) is 19.0 Å². The van der Waals surface area contributed by atoms with E-state index >= 15 is 0 Å². The number of benzene rings is 3. The molecule has 1 aliphatic rings. The molecule has 0 aromatic heterocycles. The average molecular weight is 499 g/mol. The van der Waals surface area contributed by atoms with Crippen LogP contribution in [0.5, 0.6) is 5.75 Å². The molecule has 0 spiro atoms. The number of likely N-dealkylation sites (tertiary alicyclic amines) is 1. The van der Waals surface area contributed by atoms with Crippen LogP contribution < -0.4 is 10.1 Å². The zero-order valence-corrected chi connectivity index (χ0v) is 22.8. The van der Waals surface area contributed by atoms with Gasteiger partial charge in [-0.1, -0.05) is 63.2 Å². The Kier molecular flexibility index (Phi) is 7.72. The Hall–Kier alpha value is -3.60. The van der Waals surface area contributed by atoms with E-state index in [1.807, 2.05) is 79.4 Å². The van der Waals surface area contributed by atoms with Crippen LogP contribution in [0, 0.1) is 19.8 Å². The lowest BCUT2D eigenvalue weighted by molar-refractivity contribution is -0.123. The zero-order valence-electron chi connectivity index (χ0n) is 22.8. The summed E-state index contributed by atoms with van der Waals surface area (Å²) in [5.74, 6) is 0.274. The maximum Gasteiger partial charge on any atom is 0.254 e. The Bertz CT molecular complexity index is 1250. The number of hydrogen-bond acceptors (Lipinski definition) is 3. The first-order valence-electron chi connectivity index (χ1n) is 13.0. The van der Waals surface area contributed by atoms with E-state index in [1.54, 1.807) is 7.11 Å². The number of amides is 2. The highest BCUT2D eigenvalue weighted by Gasteiger charge is 2.40. The van der Waals surface area contributed by atoms with Gasteiger partial charge in [0.2, 0.25) is 5.91 Å². The molecule has 0 bridgehead atoms. The van der Waals surface area contributed by atoms with Gasteiger partial charge >= 0.3 is 0 Å². The summed E-state index contributed by atoms with van der Waals surface area (Å²) in [4.78, 5) is 29.7. The van der Waals surface area contributed by atoms with Gasteiger partial charge in [0.05, 0.1) is 19.1 Å².